The van der Waals surface area contributed by atoms with Gasteiger partial charge in [0.15, 0.2) is 0 Å². The molecule has 6 nitrogen and oxygen atoms in total. The Bertz CT molecular complexity index is 854. The Morgan fingerprint density at radius 3 is 2.96 bits per heavy atom. The van der Waals surface area contributed by atoms with Crippen molar-refractivity contribution in [3.8, 4) is 0 Å². The summed E-state index contributed by atoms with van der Waals surface area (Å²) in [7, 11) is 0. The third kappa shape index (κ3) is 4.24. The number of hydrogen-bond donors (Lipinski definition) is 2. The van der Waals surface area contributed by atoms with Crippen LogP contribution in [0.2, 0.25) is 5.02 Å². The van der Waals surface area contributed by atoms with E-state index in [0.29, 0.717) is 39.6 Å². The first-order valence-corrected chi connectivity index (χ1v) is 10.4. The minimum absolute atomic E-state index is 0.145. The summed E-state index contributed by atoms with van der Waals surface area (Å²) < 4.78 is 5.45. The van der Waals surface area contributed by atoms with Gasteiger partial charge in [-0.1, -0.05) is 11.6 Å². The molecule has 2 aromatic rings. The van der Waals surface area contributed by atoms with Gasteiger partial charge in [0, 0.05) is 44.4 Å². The fourth-order valence-corrected chi connectivity index (χ4v) is 4.49. The number of aromatic nitrogens is 1. The molecule has 2 aliphatic heterocycles. The van der Waals surface area contributed by atoms with Crippen molar-refractivity contribution in [1.82, 2.24) is 15.2 Å². The molecule has 7 heteroatoms. The molecular weight excluding hydrogens is 376 g/mol. The second-order valence-electron chi connectivity index (χ2n) is 7.90. The van der Waals surface area contributed by atoms with Crippen LogP contribution in [0, 0.1) is 11.8 Å². The SMILES string of the molecule is Nc1c(Cl)cc(C(=O)NCC2CCN(CC3CCOCC3)C2)c2ncccc12. The van der Waals surface area contributed by atoms with Crippen LogP contribution in [0.25, 0.3) is 10.9 Å². The lowest BCUT2D eigenvalue weighted by atomic mass is 10.00. The van der Waals surface area contributed by atoms with Crippen LogP contribution >= 0.6 is 11.6 Å². The van der Waals surface area contributed by atoms with Crippen molar-refractivity contribution < 1.29 is 9.53 Å². The number of hydrogen-bond acceptors (Lipinski definition) is 5. The zero-order chi connectivity index (χ0) is 19.5. The predicted molar refractivity (Wildman–Crippen MR) is 112 cm³/mol. The van der Waals surface area contributed by atoms with Gasteiger partial charge in [-0.25, -0.2) is 0 Å². The van der Waals surface area contributed by atoms with E-state index in [1.54, 1.807) is 18.3 Å². The highest BCUT2D eigenvalue weighted by atomic mass is 35.5. The van der Waals surface area contributed by atoms with Crippen LogP contribution < -0.4 is 11.1 Å². The summed E-state index contributed by atoms with van der Waals surface area (Å²) in [5.74, 6) is 1.08. The minimum atomic E-state index is -0.145. The highest BCUT2D eigenvalue weighted by Crippen LogP contribution is 2.30. The lowest BCUT2D eigenvalue weighted by molar-refractivity contribution is 0.0550. The second kappa shape index (κ2) is 8.64. The second-order valence-corrected chi connectivity index (χ2v) is 8.31. The Kier molecular flexibility index (Phi) is 5.99. The van der Waals surface area contributed by atoms with Crippen LogP contribution in [0.3, 0.4) is 0 Å². The molecule has 1 atom stereocenters. The molecule has 0 saturated carbocycles. The van der Waals surface area contributed by atoms with Gasteiger partial charge in [-0.3, -0.25) is 9.78 Å². The fraction of sp³-hybridized carbons (Fsp3) is 0.524. The number of nitrogens with one attached hydrogen (secondary N) is 1. The number of amides is 1. The zero-order valence-electron chi connectivity index (χ0n) is 16.0. The maximum atomic E-state index is 12.8. The molecule has 1 amide bonds. The van der Waals surface area contributed by atoms with Crippen LogP contribution in [-0.4, -0.2) is 55.2 Å². The van der Waals surface area contributed by atoms with Crippen molar-refractivity contribution >= 4 is 34.1 Å². The average Bonchev–Trinajstić information content (AvgIpc) is 3.17. The van der Waals surface area contributed by atoms with E-state index in [4.69, 9.17) is 22.1 Å². The number of fused-ring (bicyclic) bond motifs is 1. The van der Waals surface area contributed by atoms with Gasteiger partial charge in [-0.15, -0.1) is 0 Å². The van der Waals surface area contributed by atoms with Crippen molar-refractivity contribution in [2.24, 2.45) is 11.8 Å². The topological polar surface area (TPSA) is 80.5 Å². The summed E-state index contributed by atoms with van der Waals surface area (Å²) >= 11 is 6.23. The molecule has 0 spiro atoms. The first-order valence-electron chi connectivity index (χ1n) is 10.0. The molecule has 2 aliphatic rings. The Hall–Kier alpha value is -1.89. The number of likely N-dealkylation sites (tertiary alicyclic amines) is 1. The number of benzene rings is 1. The van der Waals surface area contributed by atoms with Crippen molar-refractivity contribution in [1.29, 1.82) is 0 Å². The summed E-state index contributed by atoms with van der Waals surface area (Å²) in [5.41, 5.74) is 7.57. The molecule has 4 rings (SSSR count). The predicted octanol–water partition coefficient (Wildman–Crippen LogP) is 2.95. The number of halogens is 1. The molecule has 3 N–H and O–H groups in total. The van der Waals surface area contributed by atoms with E-state index >= 15 is 0 Å². The van der Waals surface area contributed by atoms with Gasteiger partial charge in [0.25, 0.3) is 5.91 Å². The van der Waals surface area contributed by atoms with Gasteiger partial charge < -0.3 is 20.7 Å². The van der Waals surface area contributed by atoms with Gasteiger partial charge in [0.2, 0.25) is 0 Å². The highest BCUT2D eigenvalue weighted by molar-refractivity contribution is 6.35. The molecule has 2 fully saturated rings. The average molecular weight is 403 g/mol. The number of anilines is 1. The number of nitrogens with two attached hydrogens (primary N) is 1. The quantitative estimate of drug-likeness (QED) is 0.751. The van der Waals surface area contributed by atoms with Crippen LogP contribution in [-0.2, 0) is 4.74 Å². The molecule has 2 saturated heterocycles. The Morgan fingerprint density at radius 1 is 1.32 bits per heavy atom. The van der Waals surface area contributed by atoms with Crippen LogP contribution in [0.5, 0.6) is 0 Å². The molecule has 0 aliphatic carbocycles. The van der Waals surface area contributed by atoms with Crippen molar-refractivity contribution in [3.63, 3.8) is 0 Å². The van der Waals surface area contributed by atoms with Crippen LogP contribution in [0.4, 0.5) is 5.69 Å². The highest BCUT2D eigenvalue weighted by Gasteiger charge is 2.26. The number of ether oxygens (including phenoxy) is 1. The molecule has 1 aromatic heterocycles. The van der Waals surface area contributed by atoms with E-state index < -0.39 is 0 Å². The van der Waals surface area contributed by atoms with Crippen LogP contribution in [0.15, 0.2) is 24.4 Å². The summed E-state index contributed by atoms with van der Waals surface area (Å²) in [4.78, 5) is 19.7. The van der Waals surface area contributed by atoms with Gasteiger partial charge >= 0.3 is 0 Å². The smallest absolute Gasteiger partial charge is 0.253 e. The monoisotopic (exact) mass is 402 g/mol. The van der Waals surface area contributed by atoms with Gasteiger partial charge in [-0.2, -0.15) is 0 Å². The van der Waals surface area contributed by atoms with E-state index in [0.717, 1.165) is 58.0 Å². The minimum Gasteiger partial charge on any atom is -0.397 e. The van der Waals surface area contributed by atoms with Gasteiger partial charge in [0.05, 0.1) is 21.8 Å². The first kappa shape index (κ1) is 19.4. The van der Waals surface area contributed by atoms with Crippen LogP contribution in [0.1, 0.15) is 29.6 Å². The zero-order valence-corrected chi connectivity index (χ0v) is 16.8. The number of rotatable bonds is 5. The van der Waals surface area contributed by atoms with Crippen molar-refractivity contribution in [3.05, 3.63) is 35.0 Å². The molecule has 1 unspecified atom stereocenters. The summed E-state index contributed by atoms with van der Waals surface area (Å²) in [6.07, 6.45) is 5.11. The van der Waals surface area contributed by atoms with E-state index in [9.17, 15) is 4.79 Å². The first-order chi connectivity index (χ1) is 13.6. The van der Waals surface area contributed by atoms with Gasteiger partial charge in [-0.05, 0) is 55.8 Å². The molecule has 0 bridgehead atoms. The summed E-state index contributed by atoms with van der Waals surface area (Å²) in [6.45, 7) is 5.75. The Labute approximate surface area is 170 Å². The van der Waals surface area contributed by atoms with Gasteiger partial charge in [0.1, 0.15) is 0 Å². The number of carbonyl (C=O) groups is 1. The molecule has 1 aromatic carbocycles. The molecular formula is C21H27ClN4O2. The molecule has 28 heavy (non-hydrogen) atoms. The largest absolute Gasteiger partial charge is 0.397 e. The van der Waals surface area contributed by atoms with E-state index in [-0.39, 0.29) is 5.91 Å². The third-order valence-electron chi connectivity index (χ3n) is 5.90. The number of carbonyl (C=O) groups excluding carboxylic acids is 1. The number of nitrogens with zero attached hydrogens (tertiary/aromatic N) is 2. The standard InChI is InChI=1S/C21H27ClN4O2/c22-18-10-17(20-16(19(18)23)2-1-6-24-20)21(27)25-11-15-3-7-26(13-15)12-14-4-8-28-9-5-14/h1-2,6,10,14-15H,3-5,7-9,11-13,23H2,(H,25,27). The Balaban J connectivity index is 1.35. The maximum Gasteiger partial charge on any atom is 0.253 e. The molecule has 0 radical (unpaired) electrons. The van der Waals surface area contributed by atoms with E-state index in [1.807, 2.05) is 6.07 Å². The van der Waals surface area contributed by atoms with Crippen molar-refractivity contribution in [2.75, 3.05) is 45.1 Å². The number of nitrogen functional groups attached to an aromatic ring is 1. The van der Waals surface area contributed by atoms with Crippen molar-refractivity contribution in [2.45, 2.75) is 19.3 Å². The summed E-state index contributed by atoms with van der Waals surface area (Å²) in [5, 5.41) is 4.17. The lowest BCUT2D eigenvalue weighted by Crippen LogP contribution is -2.33. The number of pyridine rings is 1. The molecule has 3 heterocycles. The van der Waals surface area contributed by atoms with E-state index in [2.05, 4.69) is 15.2 Å². The summed E-state index contributed by atoms with van der Waals surface area (Å²) in [6, 6.07) is 5.25. The third-order valence-corrected chi connectivity index (χ3v) is 6.22. The van der Waals surface area contributed by atoms with E-state index in [1.165, 1.54) is 0 Å². The molecule has 150 valence electrons. The fourth-order valence-electron chi connectivity index (χ4n) is 4.28. The maximum absolute atomic E-state index is 12.8. The lowest BCUT2D eigenvalue weighted by Gasteiger charge is -2.27. The Morgan fingerprint density at radius 2 is 2.14 bits per heavy atom. The normalized spacial score (nSPS) is 21.2.